The van der Waals surface area contributed by atoms with E-state index < -0.39 is 24.5 Å². The molecule has 1 aliphatic rings. The van der Waals surface area contributed by atoms with Crippen molar-refractivity contribution in [1.82, 2.24) is 15.5 Å². The number of hydrogen-bond acceptors (Lipinski definition) is 2. The minimum Gasteiger partial charge on any atom is -0.357 e. The lowest BCUT2D eigenvalue weighted by atomic mass is 10.1. The van der Waals surface area contributed by atoms with E-state index in [9.17, 15) is 26.3 Å². The van der Waals surface area contributed by atoms with Crippen LogP contribution in [0.3, 0.4) is 0 Å². The van der Waals surface area contributed by atoms with Crippen molar-refractivity contribution in [1.29, 1.82) is 0 Å². The number of rotatable bonds is 7. The molecule has 172 valence electrons. The topological polar surface area (TPSA) is 39.7 Å². The first kappa shape index (κ1) is 26.8. The molecule has 2 rings (SSSR count). The largest absolute Gasteiger partial charge is 0.416 e. The summed E-state index contributed by atoms with van der Waals surface area (Å²) in [6.45, 7) is 3.31. The molecule has 1 unspecified atom stereocenters. The number of halogens is 7. The van der Waals surface area contributed by atoms with Crippen LogP contribution in [-0.2, 0) is 12.6 Å². The van der Waals surface area contributed by atoms with Crippen molar-refractivity contribution in [2.75, 3.05) is 39.3 Å². The molecular weight excluding hydrogens is 525 g/mol. The van der Waals surface area contributed by atoms with Crippen LogP contribution >= 0.6 is 24.0 Å². The van der Waals surface area contributed by atoms with E-state index in [-0.39, 0.29) is 29.9 Å². The summed E-state index contributed by atoms with van der Waals surface area (Å²) in [6.07, 6.45) is -7.35. The molecule has 1 aromatic rings. The lowest BCUT2D eigenvalue weighted by molar-refractivity contribution is -0.143. The molecular formula is C19H27F6IN4. The molecule has 0 amide bonds. The molecule has 1 heterocycles. The van der Waals surface area contributed by atoms with E-state index in [0.717, 1.165) is 17.7 Å². The second-order valence-corrected chi connectivity index (χ2v) is 7.10. The predicted molar refractivity (Wildman–Crippen MR) is 115 cm³/mol. The van der Waals surface area contributed by atoms with Crippen LogP contribution in [-0.4, -0.2) is 56.3 Å². The maximum absolute atomic E-state index is 12.6. The van der Waals surface area contributed by atoms with Crippen LogP contribution < -0.4 is 10.6 Å². The van der Waals surface area contributed by atoms with Gasteiger partial charge >= 0.3 is 12.4 Å². The minimum absolute atomic E-state index is 0. The molecule has 0 bridgehead atoms. The standard InChI is InChI=1S/C19H26F6N4.HI/c1-2-26-17(28-11-15-8-10-29(12-15)13-18(20,21)22)27-9-7-14-3-5-16(6-4-14)19(23,24)25;/h3-6,15H,2,7-13H2,1H3,(H2,26,27,28);1H. The van der Waals surface area contributed by atoms with Gasteiger partial charge in [0.2, 0.25) is 0 Å². The number of aliphatic imine (C=N–C) groups is 1. The third-order valence-electron chi connectivity index (χ3n) is 4.61. The van der Waals surface area contributed by atoms with Crippen LogP contribution in [0.4, 0.5) is 26.3 Å². The summed E-state index contributed by atoms with van der Waals surface area (Å²) in [6, 6.07) is 5.01. The van der Waals surface area contributed by atoms with Gasteiger partial charge in [0.05, 0.1) is 12.1 Å². The van der Waals surface area contributed by atoms with Gasteiger partial charge in [-0.1, -0.05) is 12.1 Å². The first-order chi connectivity index (χ1) is 13.6. The van der Waals surface area contributed by atoms with Crippen LogP contribution in [0.2, 0.25) is 0 Å². The monoisotopic (exact) mass is 552 g/mol. The zero-order valence-corrected chi connectivity index (χ0v) is 18.9. The van der Waals surface area contributed by atoms with Gasteiger partial charge < -0.3 is 10.6 Å². The summed E-state index contributed by atoms with van der Waals surface area (Å²) >= 11 is 0. The first-order valence-corrected chi connectivity index (χ1v) is 9.54. The molecule has 0 radical (unpaired) electrons. The Hall–Kier alpha value is -1.24. The van der Waals surface area contributed by atoms with E-state index in [4.69, 9.17) is 0 Å². The number of guanidine groups is 1. The van der Waals surface area contributed by atoms with Gasteiger partial charge in [0.1, 0.15) is 0 Å². The molecule has 0 aromatic heterocycles. The van der Waals surface area contributed by atoms with E-state index in [1.165, 1.54) is 17.0 Å². The average molecular weight is 552 g/mol. The zero-order valence-electron chi connectivity index (χ0n) is 16.6. The third kappa shape index (κ3) is 9.71. The average Bonchev–Trinajstić information content (AvgIpc) is 3.05. The Labute approximate surface area is 189 Å². The first-order valence-electron chi connectivity index (χ1n) is 9.54. The number of hydrogen-bond donors (Lipinski definition) is 2. The Balaban J connectivity index is 0.00000450. The Kier molecular flexibility index (Phi) is 10.7. The fourth-order valence-corrected chi connectivity index (χ4v) is 3.21. The molecule has 1 saturated heterocycles. The molecule has 2 N–H and O–H groups in total. The van der Waals surface area contributed by atoms with Gasteiger partial charge in [-0.05, 0) is 49.9 Å². The fourth-order valence-electron chi connectivity index (χ4n) is 3.21. The van der Waals surface area contributed by atoms with Crippen molar-refractivity contribution in [2.45, 2.75) is 32.1 Å². The highest BCUT2D eigenvalue weighted by Gasteiger charge is 2.34. The van der Waals surface area contributed by atoms with Crippen molar-refractivity contribution in [3.63, 3.8) is 0 Å². The van der Waals surface area contributed by atoms with Crippen LogP contribution in [0, 0.1) is 5.92 Å². The van der Waals surface area contributed by atoms with Gasteiger partial charge in [0, 0.05) is 26.2 Å². The maximum Gasteiger partial charge on any atom is 0.416 e. The fraction of sp³-hybridized carbons (Fsp3) is 0.632. The van der Waals surface area contributed by atoms with Gasteiger partial charge in [-0.15, -0.1) is 24.0 Å². The summed E-state index contributed by atoms with van der Waals surface area (Å²) in [5.41, 5.74) is 0.0835. The van der Waals surface area contributed by atoms with Crippen molar-refractivity contribution in [3.05, 3.63) is 35.4 Å². The van der Waals surface area contributed by atoms with E-state index in [0.29, 0.717) is 51.5 Å². The normalized spacial score (nSPS) is 18.2. The second kappa shape index (κ2) is 12.0. The molecule has 1 atom stereocenters. The molecule has 1 aromatic carbocycles. The van der Waals surface area contributed by atoms with Gasteiger partial charge in [0.25, 0.3) is 0 Å². The number of nitrogens with zero attached hydrogens (tertiary/aromatic N) is 2. The summed E-state index contributed by atoms with van der Waals surface area (Å²) in [5.74, 6) is 0.622. The number of likely N-dealkylation sites (tertiary alicyclic amines) is 1. The summed E-state index contributed by atoms with van der Waals surface area (Å²) in [4.78, 5) is 5.84. The SMILES string of the molecule is CCNC(=NCC1CCN(CC(F)(F)F)C1)NCCc1ccc(C(F)(F)F)cc1.I. The molecule has 4 nitrogen and oxygen atoms in total. The second-order valence-electron chi connectivity index (χ2n) is 7.10. The molecule has 0 aliphatic carbocycles. The smallest absolute Gasteiger partial charge is 0.357 e. The summed E-state index contributed by atoms with van der Waals surface area (Å²) in [5, 5.41) is 6.18. The summed E-state index contributed by atoms with van der Waals surface area (Å²) < 4.78 is 75.1. The predicted octanol–water partition coefficient (Wildman–Crippen LogP) is 4.31. The Morgan fingerprint density at radius 2 is 1.77 bits per heavy atom. The Bertz CT molecular complexity index is 660. The van der Waals surface area contributed by atoms with Crippen LogP contribution in [0.5, 0.6) is 0 Å². The Morgan fingerprint density at radius 3 is 2.33 bits per heavy atom. The molecule has 0 spiro atoms. The molecule has 0 saturated carbocycles. The highest BCUT2D eigenvalue weighted by Crippen LogP contribution is 2.29. The number of nitrogens with one attached hydrogen (secondary N) is 2. The molecule has 1 fully saturated rings. The van der Waals surface area contributed by atoms with Gasteiger partial charge in [-0.2, -0.15) is 26.3 Å². The molecule has 11 heteroatoms. The highest BCUT2D eigenvalue weighted by molar-refractivity contribution is 14.0. The van der Waals surface area contributed by atoms with E-state index in [1.54, 1.807) is 0 Å². The van der Waals surface area contributed by atoms with Crippen LogP contribution in [0.25, 0.3) is 0 Å². The van der Waals surface area contributed by atoms with Crippen LogP contribution in [0.1, 0.15) is 24.5 Å². The summed E-state index contributed by atoms with van der Waals surface area (Å²) in [7, 11) is 0. The van der Waals surface area contributed by atoms with Crippen LogP contribution in [0.15, 0.2) is 29.3 Å². The molecule has 1 aliphatic heterocycles. The number of alkyl halides is 6. The Morgan fingerprint density at radius 1 is 1.10 bits per heavy atom. The third-order valence-corrected chi connectivity index (χ3v) is 4.61. The van der Waals surface area contributed by atoms with Crippen molar-refractivity contribution < 1.29 is 26.3 Å². The van der Waals surface area contributed by atoms with Crippen molar-refractivity contribution in [3.8, 4) is 0 Å². The zero-order chi connectivity index (χ0) is 21.5. The van der Waals surface area contributed by atoms with E-state index in [2.05, 4.69) is 15.6 Å². The van der Waals surface area contributed by atoms with E-state index in [1.807, 2.05) is 6.92 Å². The highest BCUT2D eigenvalue weighted by atomic mass is 127. The van der Waals surface area contributed by atoms with Crippen molar-refractivity contribution >= 4 is 29.9 Å². The lowest BCUT2D eigenvalue weighted by Gasteiger charge is -2.17. The lowest BCUT2D eigenvalue weighted by Crippen LogP contribution is -2.38. The van der Waals surface area contributed by atoms with Gasteiger partial charge in [-0.25, -0.2) is 0 Å². The quantitative estimate of drug-likeness (QED) is 0.230. The van der Waals surface area contributed by atoms with Crippen molar-refractivity contribution in [2.24, 2.45) is 10.9 Å². The maximum atomic E-state index is 12.6. The minimum atomic E-state index is -4.35. The van der Waals surface area contributed by atoms with Gasteiger partial charge in [0.15, 0.2) is 5.96 Å². The molecule has 30 heavy (non-hydrogen) atoms. The van der Waals surface area contributed by atoms with Gasteiger partial charge in [-0.3, -0.25) is 9.89 Å². The number of benzene rings is 1. The van der Waals surface area contributed by atoms with E-state index >= 15 is 0 Å².